The smallest absolute Gasteiger partial charge is 0.189 e. The van der Waals surface area contributed by atoms with E-state index < -0.39 is 0 Å². The molecule has 19 heavy (non-hydrogen) atoms. The van der Waals surface area contributed by atoms with Crippen LogP contribution in [0.1, 0.15) is 5.56 Å². The first-order chi connectivity index (χ1) is 9.29. The van der Waals surface area contributed by atoms with E-state index in [1.54, 1.807) is 0 Å². The van der Waals surface area contributed by atoms with Crippen LogP contribution in [0.4, 0.5) is 0 Å². The van der Waals surface area contributed by atoms with E-state index in [1.165, 1.54) is 0 Å². The quantitative estimate of drug-likeness (QED) is 0.797. The van der Waals surface area contributed by atoms with Crippen LogP contribution in [0.2, 0.25) is 0 Å². The van der Waals surface area contributed by atoms with Gasteiger partial charge in [0.1, 0.15) is 11.8 Å². The first-order valence-electron chi connectivity index (χ1n) is 6.18. The second-order valence-corrected chi connectivity index (χ2v) is 5.34. The fourth-order valence-electron chi connectivity index (χ4n) is 2.35. The number of nitriles is 1. The van der Waals surface area contributed by atoms with Crippen molar-refractivity contribution in [3.8, 4) is 11.8 Å². The highest BCUT2D eigenvalue weighted by Crippen LogP contribution is 2.36. The zero-order valence-corrected chi connectivity index (χ0v) is 11.9. The summed E-state index contributed by atoms with van der Waals surface area (Å²) in [6.07, 6.45) is 1.60. The van der Waals surface area contributed by atoms with E-state index in [-0.39, 0.29) is 6.23 Å². The first-order valence-corrected chi connectivity index (χ1v) is 6.97. The molecule has 1 fully saturated rings. The summed E-state index contributed by atoms with van der Waals surface area (Å²) >= 11 is 3.49. The van der Waals surface area contributed by atoms with E-state index in [4.69, 9.17) is 9.47 Å². The Labute approximate surface area is 120 Å². The van der Waals surface area contributed by atoms with Crippen molar-refractivity contribution >= 4 is 22.0 Å². The molecule has 1 atom stereocenters. The van der Waals surface area contributed by atoms with E-state index in [2.05, 4.69) is 26.9 Å². The molecular formula is C14H13BrN2O2. The van der Waals surface area contributed by atoms with Gasteiger partial charge in [-0.3, -0.25) is 4.90 Å². The Balaban J connectivity index is 1.96. The molecule has 0 bridgehead atoms. The highest BCUT2D eigenvalue weighted by Gasteiger charge is 2.30. The van der Waals surface area contributed by atoms with E-state index in [0.717, 1.165) is 28.9 Å². The lowest BCUT2D eigenvalue weighted by molar-refractivity contribution is -0.0292. The molecule has 2 heterocycles. The molecule has 1 aromatic carbocycles. The van der Waals surface area contributed by atoms with E-state index >= 15 is 0 Å². The minimum atomic E-state index is -0.305. The van der Waals surface area contributed by atoms with Crippen LogP contribution in [0.15, 0.2) is 28.2 Å². The van der Waals surface area contributed by atoms with Gasteiger partial charge in [0, 0.05) is 18.7 Å². The van der Waals surface area contributed by atoms with Gasteiger partial charge in [-0.2, -0.15) is 5.26 Å². The molecule has 1 aromatic rings. The topological polar surface area (TPSA) is 45.5 Å². The number of benzene rings is 1. The molecule has 5 heteroatoms. The van der Waals surface area contributed by atoms with Crippen LogP contribution in [0.5, 0.6) is 5.75 Å². The summed E-state index contributed by atoms with van der Waals surface area (Å²) in [6.45, 7) is 2.93. The first kappa shape index (κ1) is 12.7. The third-order valence-electron chi connectivity index (χ3n) is 3.31. The van der Waals surface area contributed by atoms with Gasteiger partial charge in [0.2, 0.25) is 0 Å². The molecule has 0 aromatic heterocycles. The summed E-state index contributed by atoms with van der Waals surface area (Å²) in [7, 11) is 0. The maximum atomic E-state index is 9.32. The molecule has 0 spiro atoms. The van der Waals surface area contributed by atoms with Crippen LogP contribution in [0.3, 0.4) is 0 Å². The van der Waals surface area contributed by atoms with Crippen molar-refractivity contribution in [2.45, 2.75) is 6.23 Å². The van der Waals surface area contributed by atoms with Crippen molar-refractivity contribution in [2.24, 2.45) is 0 Å². The van der Waals surface area contributed by atoms with Crippen molar-refractivity contribution in [1.82, 2.24) is 4.90 Å². The molecule has 0 saturated carbocycles. The average Bonchev–Trinajstić information content (AvgIpc) is 2.47. The lowest BCUT2D eigenvalue weighted by Gasteiger charge is -2.36. The number of para-hydroxylation sites is 1. The second kappa shape index (κ2) is 5.33. The average molecular weight is 321 g/mol. The Hall–Kier alpha value is -1.35. The van der Waals surface area contributed by atoms with Crippen LogP contribution in [-0.2, 0) is 4.74 Å². The Morgan fingerprint density at radius 3 is 2.84 bits per heavy atom. The molecule has 0 amide bonds. The number of hydrogen-bond donors (Lipinski definition) is 0. The Kier molecular flexibility index (Phi) is 3.56. The number of morpholine rings is 1. The molecule has 3 rings (SSSR count). The van der Waals surface area contributed by atoms with Crippen molar-refractivity contribution < 1.29 is 9.47 Å². The van der Waals surface area contributed by atoms with Crippen molar-refractivity contribution in [2.75, 3.05) is 26.3 Å². The Morgan fingerprint density at radius 2 is 2.11 bits per heavy atom. The molecule has 1 unspecified atom stereocenters. The monoisotopic (exact) mass is 320 g/mol. The normalized spacial score (nSPS) is 22.9. The Morgan fingerprint density at radius 1 is 1.32 bits per heavy atom. The number of hydrogen-bond acceptors (Lipinski definition) is 4. The van der Waals surface area contributed by atoms with Gasteiger partial charge in [-0.05, 0) is 28.1 Å². The number of ether oxygens (including phenoxy) is 2. The second-order valence-electron chi connectivity index (χ2n) is 4.49. The van der Waals surface area contributed by atoms with E-state index in [0.29, 0.717) is 18.8 Å². The maximum Gasteiger partial charge on any atom is 0.189 e. The van der Waals surface area contributed by atoms with Gasteiger partial charge in [-0.1, -0.05) is 12.1 Å². The zero-order chi connectivity index (χ0) is 13.2. The van der Waals surface area contributed by atoms with Gasteiger partial charge in [-0.25, -0.2) is 0 Å². The molecule has 0 aliphatic carbocycles. The van der Waals surface area contributed by atoms with Crippen LogP contribution < -0.4 is 4.74 Å². The van der Waals surface area contributed by atoms with Crippen LogP contribution in [-0.4, -0.2) is 37.4 Å². The highest BCUT2D eigenvalue weighted by molar-refractivity contribution is 9.10. The molecule has 0 N–H and O–H groups in total. The van der Waals surface area contributed by atoms with Gasteiger partial charge in [0.25, 0.3) is 0 Å². The lowest BCUT2D eigenvalue weighted by Crippen LogP contribution is -2.47. The van der Waals surface area contributed by atoms with Crippen molar-refractivity contribution in [3.63, 3.8) is 0 Å². The van der Waals surface area contributed by atoms with Crippen molar-refractivity contribution in [3.05, 3.63) is 33.8 Å². The fraction of sp³-hybridized carbons (Fsp3) is 0.357. The molecule has 2 aliphatic rings. The van der Waals surface area contributed by atoms with Gasteiger partial charge in [0.15, 0.2) is 6.23 Å². The molecule has 0 radical (unpaired) electrons. The highest BCUT2D eigenvalue weighted by atomic mass is 79.9. The zero-order valence-electron chi connectivity index (χ0n) is 10.3. The SMILES string of the molecule is N#CC1=Cc2cccc(Br)c2OC1N1CCOCC1. The predicted molar refractivity (Wildman–Crippen MR) is 74.5 cm³/mol. The minimum absolute atomic E-state index is 0.305. The summed E-state index contributed by atoms with van der Waals surface area (Å²) in [5.74, 6) is 0.804. The summed E-state index contributed by atoms with van der Waals surface area (Å²) < 4.78 is 12.3. The largest absolute Gasteiger partial charge is 0.468 e. The third-order valence-corrected chi connectivity index (χ3v) is 3.93. The molecule has 1 saturated heterocycles. The Bertz CT molecular complexity index is 559. The summed E-state index contributed by atoms with van der Waals surface area (Å²) in [4.78, 5) is 2.14. The number of rotatable bonds is 1. The maximum absolute atomic E-state index is 9.32. The summed E-state index contributed by atoms with van der Waals surface area (Å²) in [6, 6.07) is 8.08. The minimum Gasteiger partial charge on any atom is -0.468 e. The summed E-state index contributed by atoms with van der Waals surface area (Å²) in [5, 5.41) is 9.32. The molecule has 98 valence electrons. The van der Waals surface area contributed by atoms with E-state index in [1.807, 2.05) is 24.3 Å². The van der Waals surface area contributed by atoms with Crippen molar-refractivity contribution in [1.29, 1.82) is 5.26 Å². The van der Waals surface area contributed by atoms with Gasteiger partial charge in [-0.15, -0.1) is 0 Å². The number of nitrogens with zero attached hydrogens (tertiary/aromatic N) is 2. The third kappa shape index (κ3) is 2.39. The molecular weight excluding hydrogens is 308 g/mol. The molecule has 2 aliphatic heterocycles. The predicted octanol–water partition coefficient (Wildman–Crippen LogP) is 2.41. The van der Waals surface area contributed by atoms with Crippen LogP contribution in [0.25, 0.3) is 6.08 Å². The standard InChI is InChI=1S/C14H13BrN2O2/c15-12-3-1-2-10-8-11(9-16)14(19-13(10)12)17-4-6-18-7-5-17/h1-3,8,14H,4-7H2. The lowest BCUT2D eigenvalue weighted by atomic mass is 10.1. The van der Waals surface area contributed by atoms with Gasteiger partial charge in [0.05, 0.1) is 23.3 Å². The van der Waals surface area contributed by atoms with E-state index in [9.17, 15) is 5.26 Å². The molecule has 4 nitrogen and oxygen atoms in total. The fourth-order valence-corrected chi connectivity index (χ4v) is 2.82. The van der Waals surface area contributed by atoms with Gasteiger partial charge < -0.3 is 9.47 Å². The van der Waals surface area contributed by atoms with Crippen LogP contribution >= 0.6 is 15.9 Å². The van der Waals surface area contributed by atoms with Crippen LogP contribution in [0, 0.1) is 11.3 Å². The number of halogens is 1. The number of fused-ring (bicyclic) bond motifs is 1. The van der Waals surface area contributed by atoms with Gasteiger partial charge >= 0.3 is 0 Å². The summed E-state index contributed by atoms with van der Waals surface area (Å²) in [5.41, 5.74) is 1.59.